The van der Waals surface area contributed by atoms with Crippen LogP contribution in [0.25, 0.3) is 6.08 Å². The molecule has 0 radical (unpaired) electrons. The summed E-state index contributed by atoms with van der Waals surface area (Å²) in [6.45, 7) is 0. The van der Waals surface area contributed by atoms with Crippen LogP contribution in [0.15, 0.2) is 28.7 Å². The zero-order valence-electron chi connectivity index (χ0n) is 8.54. The molecule has 0 aliphatic heterocycles. The summed E-state index contributed by atoms with van der Waals surface area (Å²) in [4.78, 5) is 11.3. The maximum Gasteiger partial charge on any atom is 0.244 e. The van der Waals surface area contributed by atoms with E-state index < -0.39 is 0 Å². The van der Waals surface area contributed by atoms with Gasteiger partial charge >= 0.3 is 0 Å². The maximum atomic E-state index is 13.3. The number of carbonyl (C=O) groups excluding carboxylic acids is 1. The number of hydrogen-bond donors (Lipinski definition) is 1. The number of amides is 1. The number of benzene rings is 1. The maximum absolute atomic E-state index is 13.3. The summed E-state index contributed by atoms with van der Waals surface area (Å²) >= 11 is 3.25. The van der Waals surface area contributed by atoms with E-state index in [1.807, 2.05) is 0 Å². The molecular formula is C12H11BrFNO. The Labute approximate surface area is 102 Å². The van der Waals surface area contributed by atoms with Crippen molar-refractivity contribution in [3.8, 4) is 0 Å². The third kappa shape index (κ3) is 3.17. The van der Waals surface area contributed by atoms with E-state index in [0.717, 1.165) is 17.3 Å². The summed E-state index contributed by atoms with van der Waals surface area (Å²) in [7, 11) is 0. The van der Waals surface area contributed by atoms with E-state index in [4.69, 9.17) is 0 Å². The molecule has 0 heterocycles. The molecule has 4 heteroatoms. The molecule has 0 unspecified atom stereocenters. The Balaban J connectivity index is 2.03. The fourth-order valence-electron chi connectivity index (χ4n) is 1.28. The smallest absolute Gasteiger partial charge is 0.244 e. The molecule has 1 saturated carbocycles. The van der Waals surface area contributed by atoms with Gasteiger partial charge in [-0.1, -0.05) is 15.9 Å². The van der Waals surface area contributed by atoms with Gasteiger partial charge in [0.1, 0.15) is 5.82 Å². The first-order valence-electron chi connectivity index (χ1n) is 5.09. The summed E-state index contributed by atoms with van der Waals surface area (Å²) in [5.74, 6) is -0.499. The highest BCUT2D eigenvalue weighted by atomic mass is 79.9. The van der Waals surface area contributed by atoms with Gasteiger partial charge in [0.25, 0.3) is 0 Å². The summed E-state index contributed by atoms with van der Waals surface area (Å²) in [5.41, 5.74) is 0.403. The SMILES string of the molecule is O=C(/C=C/c1cc(Br)ccc1F)NC1CC1. The van der Waals surface area contributed by atoms with Crippen LogP contribution in [-0.4, -0.2) is 11.9 Å². The molecule has 0 atom stereocenters. The van der Waals surface area contributed by atoms with E-state index >= 15 is 0 Å². The quantitative estimate of drug-likeness (QED) is 0.850. The molecule has 0 spiro atoms. The van der Waals surface area contributed by atoms with Gasteiger partial charge in [-0.05, 0) is 37.1 Å². The van der Waals surface area contributed by atoms with Gasteiger partial charge in [-0.25, -0.2) is 4.39 Å². The Morgan fingerprint density at radius 2 is 2.25 bits per heavy atom. The highest BCUT2D eigenvalue weighted by molar-refractivity contribution is 9.10. The van der Waals surface area contributed by atoms with Gasteiger partial charge in [0, 0.05) is 22.2 Å². The fourth-order valence-corrected chi connectivity index (χ4v) is 1.66. The monoisotopic (exact) mass is 283 g/mol. The van der Waals surface area contributed by atoms with E-state index in [9.17, 15) is 9.18 Å². The molecule has 2 nitrogen and oxygen atoms in total. The third-order valence-corrected chi connectivity index (χ3v) is 2.79. The van der Waals surface area contributed by atoms with E-state index in [1.54, 1.807) is 12.1 Å². The van der Waals surface area contributed by atoms with Gasteiger partial charge in [-0.15, -0.1) is 0 Å². The van der Waals surface area contributed by atoms with Crippen molar-refractivity contribution < 1.29 is 9.18 Å². The van der Waals surface area contributed by atoms with Crippen molar-refractivity contribution in [3.05, 3.63) is 40.1 Å². The van der Waals surface area contributed by atoms with Gasteiger partial charge in [0.15, 0.2) is 0 Å². The first-order chi connectivity index (χ1) is 7.65. The van der Waals surface area contributed by atoms with Crippen molar-refractivity contribution in [2.24, 2.45) is 0 Å². The lowest BCUT2D eigenvalue weighted by Crippen LogP contribution is -2.22. The summed E-state index contributed by atoms with van der Waals surface area (Å²) in [5, 5.41) is 2.80. The lowest BCUT2D eigenvalue weighted by atomic mass is 10.2. The number of nitrogens with one attached hydrogen (secondary N) is 1. The molecule has 1 fully saturated rings. The van der Waals surface area contributed by atoms with Crippen LogP contribution in [0.2, 0.25) is 0 Å². The first-order valence-corrected chi connectivity index (χ1v) is 5.88. The predicted octanol–water partition coefficient (Wildman–Crippen LogP) is 2.88. The highest BCUT2D eigenvalue weighted by Gasteiger charge is 2.22. The Hall–Kier alpha value is -1.16. The molecule has 0 aromatic heterocycles. The van der Waals surface area contributed by atoms with Gasteiger partial charge in [-0.3, -0.25) is 4.79 Å². The largest absolute Gasteiger partial charge is 0.350 e. The molecule has 1 N–H and O–H groups in total. The molecule has 1 amide bonds. The fraction of sp³-hybridized carbons (Fsp3) is 0.250. The van der Waals surface area contributed by atoms with E-state index in [1.165, 1.54) is 18.2 Å². The molecule has 0 bridgehead atoms. The second-order valence-electron chi connectivity index (χ2n) is 3.78. The molecule has 1 aromatic carbocycles. The zero-order chi connectivity index (χ0) is 11.5. The minimum absolute atomic E-state index is 0.165. The van der Waals surface area contributed by atoms with Crippen LogP contribution in [0.4, 0.5) is 4.39 Å². The van der Waals surface area contributed by atoms with Gasteiger partial charge in [0.2, 0.25) is 5.91 Å². The summed E-state index contributed by atoms with van der Waals surface area (Å²) < 4.78 is 14.1. The van der Waals surface area contributed by atoms with Crippen LogP contribution in [0.1, 0.15) is 18.4 Å². The molecular weight excluding hydrogens is 273 g/mol. The van der Waals surface area contributed by atoms with Crippen molar-refractivity contribution >= 4 is 27.9 Å². The Bertz CT molecular complexity index is 441. The predicted molar refractivity (Wildman–Crippen MR) is 64.3 cm³/mol. The first kappa shape index (κ1) is 11.3. The van der Waals surface area contributed by atoms with Crippen molar-refractivity contribution in [2.45, 2.75) is 18.9 Å². The minimum atomic E-state index is -0.335. The Morgan fingerprint density at radius 3 is 2.94 bits per heavy atom. The van der Waals surface area contributed by atoms with Crippen LogP contribution in [0.3, 0.4) is 0 Å². The van der Waals surface area contributed by atoms with Crippen molar-refractivity contribution in [1.82, 2.24) is 5.32 Å². The van der Waals surface area contributed by atoms with Gasteiger partial charge in [0.05, 0.1) is 0 Å². The molecule has 2 rings (SSSR count). The Morgan fingerprint density at radius 1 is 1.50 bits per heavy atom. The van der Waals surface area contributed by atoms with E-state index in [-0.39, 0.29) is 11.7 Å². The Kier molecular flexibility index (Phi) is 3.39. The molecule has 1 aromatic rings. The van der Waals surface area contributed by atoms with Crippen LogP contribution >= 0.6 is 15.9 Å². The van der Waals surface area contributed by atoms with E-state index in [2.05, 4.69) is 21.2 Å². The lowest BCUT2D eigenvalue weighted by Gasteiger charge is -1.99. The van der Waals surface area contributed by atoms with Gasteiger partial charge < -0.3 is 5.32 Å². The number of halogens is 2. The normalized spacial score (nSPS) is 15.4. The highest BCUT2D eigenvalue weighted by Crippen LogP contribution is 2.19. The summed E-state index contributed by atoms with van der Waals surface area (Å²) in [6.07, 6.45) is 4.94. The molecule has 16 heavy (non-hydrogen) atoms. The minimum Gasteiger partial charge on any atom is -0.350 e. The van der Waals surface area contributed by atoms with Crippen LogP contribution in [0.5, 0.6) is 0 Å². The summed E-state index contributed by atoms with van der Waals surface area (Å²) in [6, 6.07) is 4.94. The average molecular weight is 284 g/mol. The van der Waals surface area contributed by atoms with Crippen molar-refractivity contribution in [2.75, 3.05) is 0 Å². The molecule has 0 saturated heterocycles. The van der Waals surface area contributed by atoms with Crippen LogP contribution in [-0.2, 0) is 4.79 Å². The second kappa shape index (κ2) is 4.78. The van der Waals surface area contributed by atoms with E-state index in [0.29, 0.717) is 11.6 Å². The molecule has 84 valence electrons. The van der Waals surface area contributed by atoms with Gasteiger partial charge in [-0.2, -0.15) is 0 Å². The van der Waals surface area contributed by atoms with Crippen LogP contribution in [0, 0.1) is 5.82 Å². The van der Waals surface area contributed by atoms with Crippen molar-refractivity contribution in [3.63, 3.8) is 0 Å². The number of rotatable bonds is 3. The molecule has 1 aliphatic rings. The third-order valence-electron chi connectivity index (χ3n) is 2.30. The lowest BCUT2D eigenvalue weighted by molar-refractivity contribution is -0.116. The standard InChI is InChI=1S/C12H11BrFNO/c13-9-2-5-11(14)8(7-9)1-6-12(16)15-10-3-4-10/h1-2,5-7,10H,3-4H2,(H,15,16)/b6-1+. The number of hydrogen-bond acceptors (Lipinski definition) is 1. The van der Waals surface area contributed by atoms with Crippen molar-refractivity contribution in [1.29, 1.82) is 0 Å². The van der Waals surface area contributed by atoms with Crippen LogP contribution < -0.4 is 5.32 Å². The average Bonchev–Trinajstić information content (AvgIpc) is 3.03. The molecule has 1 aliphatic carbocycles. The number of carbonyl (C=O) groups is 1. The second-order valence-corrected chi connectivity index (χ2v) is 4.70. The topological polar surface area (TPSA) is 29.1 Å². The zero-order valence-corrected chi connectivity index (χ0v) is 10.1.